The van der Waals surface area contributed by atoms with Gasteiger partial charge in [0.1, 0.15) is 13.2 Å². The molecule has 6 heteroatoms. The molecular weight excluding hydrogens is 877 g/mol. The lowest BCUT2D eigenvalue weighted by Crippen LogP contribution is -2.30. The Hall–Kier alpha value is -2.37. The highest BCUT2D eigenvalue weighted by Gasteiger charge is 2.19. The standard InChI is InChI=1S/C65H120O6/c1-4-7-10-13-16-19-22-25-28-30-31-32-33-35-37-40-43-46-49-52-55-58-64(67)70-61-62(60-69-63(66)57-54-51-48-45-42-39-36-27-24-21-18-15-12-9-6-3)71-65(68)59-56-53-50-47-44-41-38-34-29-26-23-20-17-14-11-8-5-2/h8,11,17,20,26,29,62H,4-7,9-10,12-16,18-19,21-25,27-28,30-61H2,1-3H3/b11-8-,20-17-,29-26-. The third-order valence-corrected chi connectivity index (χ3v) is 14.2. The summed E-state index contributed by atoms with van der Waals surface area (Å²) in [6.45, 7) is 6.59. The van der Waals surface area contributed by atoms with Gasteiger partial charge in [0.05, 0.1) is 0 Å². The molecule has 416 valence electrons. The summed E-state index contributed by atoms with van der Waals surface area (Å²) in [7, 11) is 0. The molecule has 0 heterocycles. The predicted molar refractivity (Wildman–Crippen MR) is 307 cm³/mol. The SMILES string of the molecule is CC/C=C\C/C=C\C/C=C\CCCCCCCCCC(=O)OC(COC(=O)CCCCCCCCCCCCCCCCC)COC(=O)CCCCCCCCCCCCCCCCCCCCCCC. The van der Waals surface area contributed by atoms with E-state index in [9.17, 15) is 14.4 Å². The number of hydrogen-bond acceptors (Lipinski definition) is 6. The fraction of sp³-hybridized carbons (Fsp3) is 0.862. The molecule has 1 atom stereocenters. The number of unbranched alkanes of at least 4 members (excludes halogenated alkanes) is 41. The van der Waals surface area contributed by atoms with Crippen LogP contribution in [-0.2, 0) is 28.6 Å². The average molecular weight is 998 g/mol. The lowest BCUT2D eigenvalue weighted by atomic mass is 10.0. The molecule has 0 aliphatic heterocycles. The second kappa shape index (κ2) is 60.2. The Kier molecular flexibility index (Phi) is 58.2. The summed E-state index contributed by atoms with van der Waals surface area (Å²) in [5.41, 5.74) is 0. The lowest BCUT2D eigenvalue weighted by Gasteiger charge is -2.18. The molecule has 0 spiro atoms. The van der Waals surface area contributed by atoms with Gasteiger partial charge in [-0.05, 0) is 51.4 Å². The number of rotatable bonds is 58. The van der Waals surface area contributed by atoms with E-state index in [0.29, 0.717) is 19.3 Å². The summed E-state index contributed by atoms with van der Waals surface area (Å²) >= 11 is 0. The molecule has 0 aromatic rings. The first kappa shape index (κ1) is 68.6. The molecule has 71 heavy (non-hydrogen) atoms. The van der Waals surface area contributed by atoms with Crippen molar-refractivity contribution in [1.29, 1.82) is 0 Å². The van der Waals surface area contributed by atoms with Crippen molar-refractivity contribution >= 4 is 17.9 Å². The third-order valence-electron chi connectivity index (χ3n) is 14.2. The van der Waals surface area contributed by atoms with E-state index >= 15 is 0 Å². The molecule has 0 aromatic carbocycles. The Morgan fingerprint density at radius 2 is 0.549 bits per heavy atom. The largest absolute Gasteiger partial charge is 0.462 e. The van der Waals surface area contributed by atoms with Gasteiger partial charge in [0.15, 0.2) is 6.10 Å². The Balaban J connectivity index is 4.30. The summed E-state index contributed by atoms with van der Waals surface area (Å²) in [5.74, 6) is -0.856. The second-order valence-corrected chi connectivity index (χ2v) is 21.3. The third kappa shape index (κ3) is 58.4. The van der Waals surface area contributed by atoms with E-state index in [1.165, 1.54) is 218 Å². The van der Waals surface area contributed by atoms with Crippen molar-refractivity contribution in [3.8, 4) is 0 Å². The topological polar surface area (TPSA) is 78.9 Å². The predicted octanol–water partition coefficient (Wildman–Crippen LogP) is 21.2. The molecule has 0 N–H and O–H groups in total. The van der Waals surface area contributed by atoms with Crippen LogP contribution in [-0.4, -0.2) is 37.2 Å². The zero-order valence-electron chi connectivity index (χ0n) is 47.8. The quantitative estimate of drug-likeness (QED) is 0.0261. The van der Waals surface area contributed by atoms with Crippen molar-refractivity contribution in [3.05, 3.63) is 36.5 Å². The van der Waals surface area contributed by atoms with E-state index in [1.807, 2.05) is 0 Å². The van der Waals surface area contributed by atoms with E-state index in [1.54, 1.807) is 0 Å². The van der Waals surface area contributed by atoms with E-state index in [2.05, 4.69) is 57.2 Å². The highest BCUT2D eigenvalue weighted by atomic mass is 16.6. The first-order chi connectivity index (χ1) is 35.0. The van der Waals surface area contributed by atoms with Crippen LogP contribution in [0, 0.1) is 0 Å². The van der Waals surface area contributed by atoms with Crippen molar-refractivity contribution < 1.29 is 28.6 Å². The van der Waals surface area contributed by atoms with Crippen LogP contribution < -0.4 is 0 Å². The lowest BCUT2D eigenvalue weighted by molar-refractivity contribution is -0.167. The molecular formula is C65H120O6. The smallest absolute Gasteiger partial charge is 0.306 e. The van der Waals surface area contributed by atoms with E-state index in [-0.39, 0.29) is 31.1 Å². The Morgan fingerprint density at radius 1 is 0.296 bits per heavy atom. The second-order valence-electron chi connectivity index (χ2n) is 21.3. The molecule has 6 nitrogen and oxygen atoms in total. The van der Waals surface area contributed by atoms with Gasteiger partial charge < -0.3 is 14.2 Å². The number of esters is 3. The number of ether oxygens (including phenoxy) is 3. The number of carbonyl (C=O) groups is 3. The fourth-order valence-electron chi connectivity index (χ4n) is 9.46. The molecule has 0 saturated heterocycles. The van der Waals surface area contributed by atoms with E-state index in [4.69, 9.17) is 14.2 Å². The zero-order valence-corrected chi connectivity index (χ0v) is 47.8. The van der Waals surface area contributed by atoms with Crippen molar-refractivity contribution in [3.63, 3.8) is 0 Å². The maximum Gasteiger partial charge on any atom is 0.306 e. The molecule has 0 aliphatic rings. The highest BCUT2D eigenvalue weighted by molar-refractivity contribution is 5.71. The average Bonchev–Trinajstić information content (AvgIpc) is 3.37. The molecule has 0 fully saturated rings. The summed E-state index contributed by atoms with van der Waals surface area (Å²) in [6, 6.07) is 0. The minimum absolute atomic E-state index is 0.0708. The Labute approximate surface area is 442 Å². The number of carbonyl (C=O) groups excluding carboxylic acids is 3. The van der Waals surface area contributed by atoms with Crippen molar-refractivity contribution in [1.82, 2.24) is 0 Å². The van der Waals surface area contributed by atoms with Gasteiger partial charge in [0, 0.05) is 19.3 Å². The monoisotopic (exact) mass is 997 g/mol. The molecule has 0 radical (unpaired) electrons. The van der Waals surface area contributed by atoms with Gasteiger partial charge in [-0.1, -0.05) is 308 Å². The highest BCUT2D eigenvalue weighted by Crippen LogP contribution is 2.18. The van der Waals surface area contributed by atoms with Crippen LogP contribution in [0.2, 0.25) is 0 Å². The maximum atomic E-state index is 12.9. The van der Waals surface area contributed by atoms with Gasteiger partial charge in [-0.2, -0.15) is 0 Å². The van der Waals surface area contributed by atoms with Crippen LogP contribution >= 0.6 is 0 Å². The molecule has 0 rings (SSSR count). The fourth-order valence-corrected chi connectivity index (χ4v) is 9.46. The van der Waals surface area contributed by atoms with Gasteiger partial charge in [-0.3, -0.25) is 14.4 Å². The number of allylic oxidation sites excluding steroid dienone is 6. The Morgan fingerprint density at radius 3 is 0.859 bits per heavy atom. The van der Waals surface area contributed by atoms with Crippen molar-refractivity contribution in [2.24, 2.45) is 0 Å². The molecule has 1 unspecified atom stereocenters. The molecule has 0 aliphatic carbocycles. The van der Waals surface area contributed by atoms with E-state index in [0.717, 1.165) is 83.5 Å². The van der Waals surface area contributed by atoms with Gasteiger partial charge in [0.2, 0.25) is 0 Å². The first-order valence-electron chi connectivity index (χ1n) is 31.5. The van der Waals surface area contributed by atoms with Crippen LogP contribution in [0.1, 0.15) is 342 Å². The molecule has 0 amide bonds. The van der Waals surface area contributed by atoms with Crippen molar-refractivity contribution in [2.75, 3.05) is 13.2 Å². The summed E-state index contributed by atoms with van der Waals surface area (Å²) in [5, 5.41) is 0. The van der Waals surface area contributed by atoms with Crippen LogP contribution in [0.15, 0.2) is 36.5 Å². The van der Waals surface area contributed by atoms with Crippen LogP contribution in [0.5, 0.6) is 0 Å². The van der Waals surface area contributed by atoms with Gasteiger partial charge in [-0.15, -0.1) is 0 Å². The summed E-state index contributed by atoms with van der Waals surface area (Å²) in [4.78, 5) is 38.3. The maximum absolute atomic E-state index is 12.9. The minimum atomic E-state index is -0.774. The first-order valence-corrected chi connectivity index (χ1v) is 31.5. The van der Waals surface area contributed by atoms with Crippen LogP contribution in [0.4, 0.5) is 0 Å². The van der Waals surface area contributed by atoms with Gasteiger partial charge in [-0.25, -0.2) is 0 Å². The van der Waals surface area contributed by atoms with Crippen LogP contribution in [0.3, 0.4) is 0 Å². The van der Waals surface area contributed by atoms with Gasteiger partial charge in [0.25, 0.3) is 0 Å². The number of hydrogen-bond donors (Lipinski definition) is 0. The van der Waals surface area contributed by atoms with Crippen molar-refractivity contribution in [2.45, 2.75) is 348 Å². The summed E-state index contributed by atoms with van der Waals surface area (Å²) < 4.78 is 16.9. The zero-order chi connectivity index (χ0) is 51.4. The molecule has 0 saturated carbocycles. The molecule has 0 aromatic heterocycles. The van der Waals surface area contributed by atoms with Gasteiger partial charge >= 0.3 is 17.9 Å². The van der Waals surface area contributed by atoms with E-state index < -0.39 is 6.10 Å². The normalized spacial score (nSPS) is 12.2. The Bertz CT molecular complexity index is 1190. The summed E-state index contributed by atoms with van der Waals surface area (Å²) in [6.07, 6.45) is 72.9. The van der Waals surface area contributed by atoms with Crippen LogP contribution in [0.25, 0.3) is 0 Å². The minimum Gasteiger partial charge on any atom is -0.462 e. The molecule has 0 bridgehead atoms.